The predicted molar refractivity (Wildman–Crippen MR) is 26.5 cm³/mol. The van der Waals surface area contributed by atoms with E-state index in [2.05, 4.69) is 9.98 Å². The summed E-state index contributed by atoms with van der Waals surface area (Å²) in [6, 6.07) is 0. The second-order valence-corrected chi connectivity index (χ2v) is 1.20. The predicted octanol–water partition coefficient (Wildman–Crippen LogP) is 0.487. The zero-order valence-corrected chi connectivity index (χ0v) is 4.92. The number of nitrogens with zero attached hydrogens (tertiary/aromatic N) is 2. The summed E-state index contributed by atoms with van der Waals surface area (Å²) in [4.78, 5) is 7.79. The van der Waals surface area contributed by atoms with Gasteiger partial charge in [-0.15, -0.1) is 0 Å². The third kappa shape index (κ3) is 1.85. The second-order valence-electron chi connectivity index (χ2n) is 1.20. The van der Waals surface area contributed by atoms with Crippen LogP contribution in [0.2, 0.25) is 0 Å². The van der Waals surface area contributed by atoms with Crippen molar-refractivity contribution < 1.29 is 17.1 Å². The minimum absolute atomic E-state index is 0. The minimum Gasteiger partial charge on any atom is -0.265 e. The molecule has 2 nitrogen and oxygen atoms in total. The van der Waals surface area contributed by atoms with Crippen molar-refractivity contribution >= 4 is 12.1 Å². The van der Waals surface area contributed by atoms with E-state index >= 15 is 0 Å². The molecule has 0 amide bonds. The second kappa shape index (κ2) is 2.94. The molecule has 0 atom stereocenters. The van der Waals surface area contributed by atoms with Crippen molar-refractivity contribution in [2.75, 3.05) is 6.54 Å². The summed E-state index contributed by atoms with van der Waals surface area (Å²) in [5.41, 5.74) is 0. The van der Waals surface area contributed by atoms with Gasteiger partial charge in [0.25, 0.3) is 0 Å². The fourth-order valence-electron chi connectivity index (χ4n) is 0.387. The van der Waals surface area contributed by atoms with E-state index in [0.717, 1.165) is 12.4 Å². The average molecular weight is 146 g/mol. The fourth-order valence-corrected chi connectivity index (χ4v) is 0.387. The first-order valence-electron chi connectivity index (χ1n) is 1.93. The zero-order valence-electron chi connectivity index (χ0n) is 3.98. The van der Waals surface area contributed by atoms with Gasteiger partial charge in [-0.05, 0) is 6.92 Å². The summed E-state index contributed by atoms with van der Waals surface area (Å²) in [5, 5.41) is 0. The Hall–Kier alpha value is -0.141. The van der Waals surface area contributed by atoms with Gasteiger partial charge >= 0.3 is 0 Å². The van der Waals surface area contributed by atoms with Crippen LogP contribution in [0.1, 0.15) is 6.92 Å². The molecule has 0 spiro atoms. The first-order valence-corrected chi connectivity index (χ1v) is 1.93. The topological polar surface area (TPSA) is 24.7 Å². The third-order valence-electron chi connectivity index (χ3n) is 0.680. The smallest absolute Gasteiger partial charge is 0.120 e. The van der Waals surface area contributed by atoms with Crippen LogP contribution < -0.4 is 0 Å². The average Bonchev–Trinajstić information content (AvgIpc) is 1.86. The van der Waals surface area contributed by atoms with Crippen molar-refractivity contribution in [1.29, 1.82) is 0 Å². The molecule has 1 aliphatic rings. The molecule has 1 aliphatic heterocycles. The van der Waals surface area contributed by atoms with Crippen LogP contribution in [0, 0.1) is 0 Å². The standard InChI is InChI=1S/C4H6N2.Cu/c1-4-5-2-3-6-4;/h2H,3H2,1H3;. The number of amidine groups is 1. The molecule has 3 heteroatoms. The van der Waals surface area contributed by atoms with Crippen LogP contribution in [-0.2, 0) is 17.1 Å². The molecule has 1 heterocycles. The monoisotopic (exact) mass is 145 g/mol. The van der Waals surface area contributed by atoms with Crippen LogP contribution in [0.5, 0.6) is 0 Å². The summed E-state index contributed by atoms with van der Waals surface area (Å²) in [6.07, 6.45) is 1.80. The van der Waals surface area contributed by atoms with E-state index in [9.17, 15) is 0 Å². The van der Waals surface area contributed by atoms with E-state index in [1.807, 2.05) is 6.92 Å². The van der Waals surface area contributed by atoms with E-state index in [4.69, 9.17) is 0 Å². The Morgan fingerprint density at radius 3 is 2.57 bits per heavy atom. The molecular formula is C4H6CuN2. The van der Waals surface area contributed by atoms with Crippen molar-refractivity contribution in [1.82, 2.24) is 0 Å². The van der Waals surface area contributed by atoms with Crippen molar-refractivity contribution in [3.8, 4) is 0 Å². The molecule has 0 aromatic heterocycles. The van der Waals surface area contributed by atoms with Gasteiger partial charge < -0.3 is 0 Å². The van der Waals surface area contributed by atoms with Gasteiger partial charge in [0.15, 0.2) is 0 Å². The molecule has 0 aromatic carbocycles. The van der Waals surface area contributed by atoms with Crippen LogP contribution in [0.25, 0.3) is 0 Å². The minimum atomic E-state index is 0. The molecule has 0 fully saturated rings. The van der Waals surface area contributed by atoms with Crippen molar-refractivity contribution in [2.45, 2.75) is 6.92 Å². The Morgan fingerprint density at radius 2 is 2.43 bits per heavy atom. The molecule has 7 heavy (non-hydrogen) atoms. The Kier molecular flexibility index (Phi) is 2.88. The number of hydrogen-bond acceptors (Lipinski definition) is 2. The Morgan fingerprint density at radius 1 is 1.71 bits per heavy atom. The van der Waals surface area contributed by atoms with Gasteiger partial charge in [0, 0.05) is 23.3 Å². The summed E-state index contributed by atoms with van der Waals surface area (Å²) in [5.74, 6) is 0.898. The molecule has 0 aromatic rings. The number of aliphatic imine (C=N–C) groups is 2. The van der Waals surface area contributed by atoms with Crippen molar-refractivity contribution in [3.05, 3.63) is 0 Å². The van der Waals surface area contributed by atoms with Gasteiger partial charge in [-0.3, -0.25) is 4.99 Å². The van der Waals surface area contributed by atoms with Crippen LogP contribution in [0.15, 0.2) is 9.98 Å². The maximum atomic E-state index is 3.93. The van der Waals surface area contributed by atoms with Gasteiger partial charge in [-0.25, -0.2) is 4.99 Å². The number of hydrogen-bond donors (Lipinski definition) is 0. The summed E-state index contributed by atoms with van der Waals surface area (Å²) >= 11 is 0. The Labute approximate surface area is 53.2 Å². The van der Waals surface area contributed by atoms with E-state index in [-0.39, 0.29) is 17.1 Å². The molecule has 0 unspecified atom stereocenters. The maximum Gasteiger partial charge on any atom is 0.120 e. The SMILES string of the molecule is CC1=NCC=N1.[Cu]. The molecule has 1 rings (SSSR count). The quantitative estimate of drug-likeness (QED) is 0.444. The molecule has 0 saturated heterocycles. The van der Waals surface area contributed by atoms with E-state index in [1.54, 1.807) is 6.21 Å². The summed E-state index contributed by atoms with van der Waals surface area (Å²) in [7, 11) is 0. The number of rotatable bonds is 0. The largest absolute Gasteiger partial charge is 0.265 e. The molecule has 0 bridgehead atoms. The van der Waals surface area contributed by atoms with Gasteiger partial charge in [-0.2, -0.15) is 0 Å². The van der Waals surface area contributed by atoms with Crippen LogP contribution >= 0.6 is 0 Å². The third-order valence-corrected chi connectivity index (χ3v) is 0.680. The van der Waals surface area contributed by atoms with E-state index in [0.29, 0.717) is 0 Å². The van der Waals surface area contributed by atoms with Gasteiger partial charge in [0.2, 0.25) is 0 Å². The molecule has 0 aliphatic carbocycles. The van der Waals surface area contributed by atoms with Gasteiger partial charge in [0.1, 0.15) is 5.84 Å². The molecular weight excluding hydrogens is 140 g/mol. The molecule has 0 N–H and O–H groups in total. The first kappa shape index (κ1) is 6.86. The van der Waals surface area contributed by atoms with Crippen LogP contribution in [-0.4, -0.2) is 18.6 Å². The normalized spacial score (nSPS) is 15.9. The van der Waals surface area contributed by atoms with Crippen LogP contribution in [0.3, 0.4) is 0 Å². The Bertz CT molecular complexity index is 104. The van der Waals surface area contributed by atoms with Crippen molar-refractivity contribution in [2.24, 2.45) is 9.98 Å². The van der Waals surface area contributed by atoms with Gasteiger partial charge in [0.05, 0.1) is 6.54 Å². The Balaban J connectivity index is 0.000000360. The maximum absolute atomic E-state index is 3.93. The molecule has 43 valence electrons. The fraction of sp³-hybridized carbons (Fsp3) is 0.500. The van der Waals surface area contributed by atoms with Crippen molar-refractivity contribution in [3.63, 3.8) is 0 Å². The van der Waals surface area contributed by atoms with E-state index < -0.39 is 0 Å². The van der Waals surface area contributed by atoms with E-state index in [1.165, 1.54) is 0 Å². The molecule has 0 saturated carbocycles. The summed E-state index contributed by atoms with van der Waals surface area (Å²) in [6.45, 7) is 2.68. The summed E-state index contributed by atoms with van der Waals surface area (Å²) < 4.78 is 0. The van der Waals surface area contributed by atoms with Crippen LogP contribution in [0.4, 0.5) is 0 Å². The first-order chi connectivity index (χ1) is 2.89. The molecule has 1 radical (unpaired) electrons. The zero-order chi connectivity index (χ0) is 4.41. The van der Waals surface area contributed by atoms with Gasteiger partial charge in [-0.1, -0.05) is 0 Å².